The van der Waals surface area contributed by atoms with Crippen LogP contribution in [0.4, 0.5) is 5.82 Å². The highest BCUT2D eigenvalue weighted by atomic mass is 15.1. The lowest BCUT2D eigenvalue weighted by molar-refractivity contribution is 0.331. The third kappa shape index (κ3) is 3.23. The number of H-pyrrole nitrogens is 1. The van der Waals surface area contributed by atoms with Crippen molar-refractivity contribution in [2.45, 2.75) is 19.4 Å². The van der Waals surface area contributed by atoms with E-state index in [1.807, 2.05) is 24.3 Å². The van der Waals surface area contributed by atoms with Gasteiger partial charge in [-0.25, -0.2) is 15.0 Å². The summed E-state index contributed by atoms with van der Waals surface area (Å²) in [5.41, 5.74) is 11.7. The fourth-order valence-corrected chi connectivity index (χ4v) is 3.80. The fourth-order valence-electron chi connectivity index (χ4n) is 3.80. The first kappa shape index (κ1) is 16.9. The third-order valence-corrected chi connectivity index (χ3v) is 5.24. The molecule has 2 aromatic heterocycles. The first-order valence-electron chi connectivity index (χ1n) is 9.65. The Bertz CT molecular complexity index is 1090. The molecule has 1 saturated heterocycles. The Labute approximate surface area is 163 Å². The van der Waals surface area contributed by atoms with Crippen LogP contribution in [0.2, 0.25) is 0 Å². The van der Waals surface area contributed by atoms with Crippen LogP contribution in [0.5, 0.6) is 0 Å². The summed E-state index contributed by atoms with van der Waals surface area (Å²) in [5.74, 6) is 1.01. The second-order valence-electron chi connectivity index (χ2n) is 7.28. The zero-order valence-corrected chi connectivity index (χ0v) is 15.6. The molecule has 5 rings (SSSR count). The van der Waals surface area contributed by atoms with E-state index in [1.54, 1.807) is 6.20 Å². The van der Waals surface area contributed by atoms with E-state index in [2.05, 4.69) is 44.1 Å². The van der Waals surface area contributed by atoms with Gasteiger partial charge in [0.15, 0.2) is 11.6 Å². The molecule has 0 saturated carbocycles. The van der Waals surface area contributed by atoms with Crippen molar-refractivity contribution in [3.8, 4) is 22.8 Å². The number of fused-ring (bicyclic) bond motifs is 1. The highest BCUT2D eigenvalue weighted by molar-refractivity contribution is 5.81. The van der Waals surface area contributed by atoms with Crippen molar-refractivity contribution in [1.82, 2.24) is 24.8 Å². The standard InChI is InChI=1S/C22H22N6/c23-21-20(22-26-17-8-1-2-9-18(17)27-22)25-19(13-24-21)16-7-5-6-15(12-16)14-28-10-3-4-11-28/h1-2,5-9,12-13H,3-4,10-11,14H2,(H2,23,24)(H,26,27). The summed E-state index contributed by atoms with van der Waals surface area (Å²) in [6.07, 6.45) is 4.32. The highest BCUT2D eigenvalue weighted by Gasteiger charge is 2.15. The van der Waals surface area contributed by atoms with Crippen LogP contribution < -0.4 is 5.73 Å². The molecular formula is C22H22N6. The van der Waals surface area contributed by atoms with E-state index in [0.29, 0.717) is 17.3 Å². The Morgan fingerprint density at radius 2 is 1.86 bits per heavy atom. The van der Waals surface area contributed by atoms with Crippen molar-refractivity contribution in [1.29, 1.82) is 0 Å². The number of hydrogen-bond acceptors (Lipinski definition) is 5. The summed E-state index contributed by atoms with van der Waals surface area (Å²) >= 11 is 0. The molecule has 0 bridgehead atoms. The van der Waals surface area contributed by atoms with E-state index in [0.717, 1.165) is 28.8 Å². The van der Waals surface area contributed by atoms with Gasteiger partial charge in [-0.05, 0) is 49.7 Å². The molecule has 0 unspecified atom stereocenters. The number of likely N-dealkylation sites (tertiary alicyclic amines) is 1. The Kier molecular flexibility index (Phi) is 4.25. The van der Waals surface area contributed by atoms with E-state index < -0.39 is 0 Å². The van der Waals surface area contributed by atoms with Gasteiger partial charge in [-0.15, -0.1) is 0 Å². The molecule has 1 fully saturated rings. The summed E-state index contributed by atoms with van der Waals surface area (Å²) in [7, 11) is 0. The number of para-hydroxylation sites is 2. The topological polar surface area (TPSA) is 83.7 Å². The van der Waals surface area contributed by atoms with Crippen LogP contribution in [-0.2, 0) is 6.54 Å². The number of nitrogens with two attached hydrogens (primary N) is 1. The SMILES string of the molecule is Nc1ncc(-c2cccc(CN3CCCC3)c2)nc1-c1nc2ccccc2[nH]1. The molecule has 1 aliphatic heterocycles. The van der Waals surface area contributed by atoms with Crippen LogP contribution >= 0.6 is 0 Å². The van der Waals surface area contributed by atoms with Gasteiger partial charge in [0.25, 0.3) is 0 Å². The summed E-state index contributed by atoms with van der Waals surface area (Å²) in [4.78, 5) is 19.6. The number of nitrogens with one attached hydrogen (secondary N) is 1. The lowest BCUT2D eigenvalue weighted by Gasteiger charge is -2.15. The molecular weight excluding hydrogens is 348 g/mol. The molecule has 0 atom stereocenters. The number of rotatable bonds is 4. The molecule has 6 nitrogen and oxygen atoms in total. The van der Waals surface area contributed by atoms with E-state index in [1.165, 1.54) is 31.5 Å². The minimum Gasteiger partial charge on any atom is -0.382 e. The quantitative estimate of drug-likeness (QED) is 0.570. The molecule has 28 heavy (non-hydrogen) atoms. The summed E-state index contributed by atoms with van der Waals surface area (Å²) in [5, 5.41) is 0. The summed E-state index contributed by atoms with van der Waals surface area (Å²) in [6.45, 7) is 3.34. The number of benzene rings is 2. The molecule has 6 heteroatoms. The van der Waals surface area contributed by atoms with Gasteiger partial charge in [0, 0.05) is 12.1 Å². The van der Waals surface area contributed by atoms with Crippen LogP contribution in [-0.4, -0.2) is 37.9 Å². The maximum Gasteiger partial charge on any atom is 0.161 e. The van der Waals surface area contributed by atoms with Crippen LogP contribution in [0.25, 0.3) is 33.8 Å². The second-order valence-corrected chi connectivity index (χ2v) is 7.28. The van der Waals surface area contributed by atoms with Gasteiger partial charge < -0.3 is 10.7 Å². The maximum absolute atomic E-state index is 6.12. The Balaban J connectivity index is 1.50. The first-order chi connectivity index (χ1) is 13.8. The molecule has 3 N–H and O–H groups in total. The van der Waals surface area contributed by atoms with Crippen LogP contribution in [0.3, 0.4) is 0 Å². The monoisotopic (exact) mass is 370 g/mol. The number of hydrogen-bond donors (Lipinski definition) is 2. The van der Waals surface area contributed by atoms with Crippen LogP contribution in [0.1, 0.15) is 18.4 Å². The van der Waals surface area contributed by atoms with Crippen molar-refractivity contribution in [2.75, 3.05) is 18.8 Å². The van der Waals surface area contributed by atoms with Gasteiger partial charge in [-0.2, -0.15) is 0 Å². The molecule has 0 spiro atoms. The van der Waals surface area contributed by atoms with E-state index in [-0.39, 0.29) is 0 Å². The largest absolute Gasteiger partial charge is 0.382 e. The lowest BCUT2D eigenvalue weighted by atomic mass is 10.1. The molecule has 1 aliphatic rings. The minimum absolute atomic E-state index is 0.371. The molecule has 140 valence electrons. The lowest BCUT2D eigenvalue weighted by Crippen LogP contribution is -2.18. The van der Waals surface area contributed by atoms with Crippen molar-refractivity contribution in [3.63, 3.8) is 0 Å². The van der Waals surface area contributed by atoms with Crippen LogP contribution in [0, 0.1) is 0 Å². The average Bonchev–Trinajstić information content (AvgIpc) is 3.38. The normalized spacial score (nSPS) is 14.7. The van der Waals surface area contributed by atoms with Crippen LogP contribution in [0.15, 0.2) is 54.7 Å². The Morgan fingerprint density at radius 3 is 2.71 bits per heavy atom. The molecule has 0 amide bonds. The average molecular weight is 370 g/mol. The molecule has 0 aliphatic carbocycles. The van der Waals surface area contributed by atoms with Crippen molar-refractivity contribution in [3.05, 3.63) is 60.3 Å². The number of anilines is 1. The number of aromatic amines is 1. The van der Waals surface area contributed by atoms with E-state index >= 15 is 0 Å². The number of nitrogen functional groups attached to an aromatic ring is 1. The zero-order chi connectivity index (χ0) is 18.9. The van der Waals surface area contributed by atoms with Gasteiger partial charge in [0.1, 0.15) is 5.69 Å². The molecule has 3 heterocycles. The first-order valence-corrected chi connectivity index (χ1v) is 9.65. The summed E-state index contributed by atoms with van der Waals surface area (Å²) < 4.78 is 0. The van der Waals surface area contributed by atoms with Gasteiger partial charge in [-0.3, -0.25) is 4.90 Å². The van der Waals surface area contributed by atoms with Gasteiger partial charge in [0.2, 0.25) is 0 Å². The van der Waals surface area contributed by atoms with Crippen molar-refractivity contribution >= 4 is 16.9 Å². The molecule has 0 radical (unpaired) electrons. The number of nitrogens with zero attached hydrogens (tertiary/aromatic N) is 4. The zero-order valence-electron chi connectivity index (χ0n) is 15.6. The highest BCUT2D eigenvalue weighted by Crippen LogP contribution is 2.26. The number of aromatic nitrogens is 4. The Hall–Kier alpha value is -3.25. The molecule has 2 aromatic carbocycles. The van der Waals surface area contributed by atoms with Crippen molar-refractivity contribution in [2.24, 2.45) is 0 Å². The maximum atomic E-state index is 6.12. The van der Waals surface area contributed by atoms with Gasteiger partial charge in [0.05, 0.1) is 22.9 Å². The van der Waals surface area contributed by atoms with Gasteiger partial charge in [-0.1, -0.05) is 30.3 Å². The molecule has 4 aromatic rings. The third-order valence-electron chi connectivity index (χ3n) is 5.24. The van der Waals surface area contributed by atoms with E-state index in [9.17, 15) is 0 Å². The summed E-state index contributed by atoms with van der Waals surface area (Å²) in [6, 6.07) is 16.4. The smallest absolute Gasteiger partial charge is 0.161 e. The fraction of sp³-hybridized carbons (Fsp3) is 0.227. The van der Waals surface area contributed by atoms with Crippen molar-refractivity contribution < 1.29 is 0 Å². The van der Waals surface area contributed by atoms with E-state index in [4.69, 9.17) is 10.7 Å². The minimum atomic E-state index is 0.371. The predicted octanol–water partition coefficient (Wildman–Crippen LogP) is 3.86. The Morgan fingerprint density at radius 1 is 1.00 bits per heavy atom. The predicted molar refractivity (Wildman–Crippen MR) is 111 cm³/mol. The van der Waals surface area contributed by atoms with Gasteiger partial charge >= 0.3 is 0 Å². The second kappa shape index (κ2) is 7.05. The number of imidazole rings is 1.